The highest BCUT2D eigenvalue weighted by Crippen LogP contribution is 2.37. The molecule has 2 atom stereocenters. The molecule has 1 aliphatic heterocycles. The topological polar surface area (TPSA) is 49.4 Å². The summed E-state index contributed by atoms with van der Waals surface area (Å²) < 4.78 is 0.724. The van der Waals surface area contributed by atoms with E-state index in [9.17, 15) is 9.59 Å². The molecule has 1 aliphatic carbocycles. The summed E-state index contributed by atoms with van der Waals surface area (Å²) in [6.07, 6.45) is 2.44. The van der Waals surface area contributed by atoms with Crippen LogP contribution >= 0.6 is 22.9 Å². The normalized spacial score (nSPS) is 25.3. The maximum Gasteiger partial charge on any atom is 0.245 e. The minimum atomic E-state index is -0.331. The number of amides is 2. The van der Waals surface area contributed by atoms with E-state index in [4.69, 9.17) is 11.6 Å². The van der Waals surface area contributed by atoms with E-state index in [2.05, 4.69) is 5.32 Å². The molecule has 0 radical (unpaired) electrons. The van der Waals surface area contributed by atoms with Crippen LogP contribution < -0.4 is 5.32 Å². The Morgan fingerprint density at radius 2 is 2.15 bits per heavy atom. The fraction of sp³-hybridized carbons (Fsp3) is 0.571. The highest BCUT2D eigenvalue weighted by Gasteiger charge is 2.42. The molecule has 6 heteroatoms. The molecule has 1 aromatic heterocycles. The molecule has 1 saturated heterocycles. The maximum absolute atomic E-state index is 12.7. The van der Waals surface area contributed by atoms with Crippen LogP contribution in [0.5, 0.6) is 0 Å². The van der Waals surface area contributed by atoms with Crippen molar-refractivity contribution in [3.63, 3.8) is 0 Å². The zero-order valence-electron chi connectivity index (χ0n) is 11.3. The Morgan fingerprint density at radius 3 is 2.75 bits per heavy atom. The Balaban J connectivity index is 1.83. The van der Waals surface area contributed by atoms with E-state index in [0.717, 1.165) is 22.1 Å². The predicted molar refractivity (Wildman–Crippen MR) is 78.7 cm³/mol. The van der Waals surface area contributed by atoms with Gasteiger partial charge in [-0.15, -0.1) is 11.3 Å². The van der Waals surface area contributed by atoms with E-state index in [1.165, 1.54) is 11.3 Å². The minimum absolute atomic E-state index is 0.0193. The Labute approximate surface area is 127 Å². The van der Waals surface area contributed by atoms with Gasteiger partial charge in [0.1, 0.15) is 6.04 Å². The second-order valence-corrected chi connectivity index (χ2v) is 7.23. The van der Waals surface area contributed by atoms with Gasteiger partial charge < -0.3 is 10.2 Å². The highest BCUT2D eigenvalue weighted by atomic mass is 35.5. The van der Waals surface area contributed by atoms with Gasteiger partial charge >= 0.3 is 0 Å². The molecular weight excluding hydrogens is 296 g/mol. The van der Waals surface area contributed by atoms with Crippen molar-refractivity contribution < 1.29 is 9.59 Å². The van der Waals surface area contributed by atoms with E-state index in [0.29, 0.717) is 18.9 Å². The quantitative estimate of drug-likeness (QED) is 0.932. The van der Waals surface area contributed by atoms with E-state index in [1.807, 2.05) is 24.0 Å². The first-order valence-electron chi connectivity index (χ1n) is 6.91. The number of nitrogens with zero attached hydrogens (tertiary/aromatic N) is 1. The molecule has 2 fully saturated rings. The van der Waals surface area contributed by atoms with Crippen molar-refractivity contribution in [3.05, 3.63) is 21.3 Å². The van der Waals surface area contributed by atoms with E-state index in [1.54, 1.807) is 0 Å². The molecule has 0 spiro atoms. The highest BCUT2D eigenvalue weighted by molar-refractivity contribution is 7.16. The van der Waals surface area contributed by atoms with Crippen LogP contribution in [0.15, 0.2) is 12.1 Å². The number of rotatable bonds is 3. The average molecular weight is 313 g/mol. The van der Waals surface area contributed by atoms with Gasteiger partial charge in [0.25, 0.3) is 0 Å². The van der Waals surface area contributed by atoms with Crippen LogP contribution in [0, 0.1) is 5.92 Å². The molecule has 2 amide bonds. The van der Waals surface area contributed by atoms with Crippen LogP contribution in [0.25, 0.3) is 0 Å². The van der Waals surface area contributed by atoms with Crippen LogP contribution in [-0.4, -0.2) is 29.3 Å². The minimum Gasteiger partial charge on any atom is -0.344 e. The summed E-state index contributed by atoms with van der Waals surface area (Å²) in [6.45, 7) is 2.48. The molecule has 20 heavy (non-hydrogen) atoms. The standard InChI is InChI=1S/C14H17ClN2O2S/c1-8(10-4-5-11(15)20-10)17-7-6-12(18)16-13(14(17)19)9-2-3-9/h4-5,8-9,13H,2-3,6-7H2,1H3,(H,16,18). The third kappa shape index (κ3) is 2.69. The van der Waals surface area contributed by atoms with Crippen molar-refractivity contribution in [1.82, 2.24) is 10.2 Å². The second-order valence-electron chi connectivity index (χ2n) is 5.48. The van der Waals surface area contributed by atoms with E-state index in [-0.39, 0.29) is 23.9 Å². The van der Waals surface area contributed by atoms with Gasteiger partial charge in [-0.2, -0.15) is 0 Å². The number of carbonyl (C=O) groups is 2. The SMILES string of the molecule is CC(c1ccc(Cl)s1)N1CCC(=O)NC(C2CC2)C1=O. The monoisotopic (exact) mass is 312 g/mol. The summed E-state index contributed by atoms with van der Waals surface area (Å²) in [4.78, 5) is 27.3. The van der Waals surface area contributed by atoms with Crippen LogP contribution in [0.1, 0.15) is 37.1 Å². The van der Waals surface area contributed by atoms with Crippen LogP contribution in [0.3, 0.4) is 0 Å². The number of hydrogen-bond acceptors (Lipinski definition) is 3. The van der Waals surface area contributed by atoms with E-state index < -0.39 is 0 Å². The Kier molecular flexibility index (Phi) is 3.73. The smallest absolute Gasteiger partial charge is 0.245 e. The molecule has 2 unspecified atom stereocenters. The fourth-order valence-electron chi connectivity index (χ4n) is 2.66. The van der Waals surface area contributed by atoms with Gasteiger partial charge in [-0.25, -0.2) is 0 Å². The van der Waals surface area contributed by atoms with Crippen molar-refractivity contribution in [2.45, 2.75) is 38.3 Å². The summed E-state index contributed by atoms with van der Waals surface area (Å²) in [7, 11) is 0. The number of nitrogens with one attached hydrogen (secondary N) is 1. The van der Waals surface area contributed by atoms with Gasteiger partial charge in [0, 0.05) is 17.8 Å². The second kappa shape index (κ2) is 5.37. The molecule has 1 aromatic rings. The third-order valence-corrected chi connectivity index (χ3v) is 5.41. The molecular formula is C14H17ClN2O2S. The maximum atomic E-state index is 12.7. The zero-order chi connectivity index (χ0) is 14.3. The van der Waals surface area contributed by atoms with Crippen molar-refractivity contribution >= 4 is 34.8 Å². The van der Waals surface area contributed by atoms with Gasteiger partial charge in [0.15, 0.2) is 0 Å². The van der Waals surface area contributed by atoms with E-state index >= 15 is 0 Å². The van der Waals surface area contributed by atoms with Crippen molar-refractivity contribution in [2.24, 2.45) is 5.92 Å². The summed E-state index contributed by atoms with van der Waals surface area (Å²) >= 11 is 7.46. The van der Waals surface area contributed by atoms with Crippen LogP contribution in [0.2, 0.25) is 4.34 Å². The fourth-order valence-corrected chi connectivity index (χ4v) is 3.78. The number of halogens is 1. The average Bonchev–Trinajstić information content (AvgIpc) is 3.18. The molecule has 2 heterocycles. The Morgan fingerprint density at radius 1 is 1.40 bits per heavy atom. The van der Waals surface area contributed by atoms with Gasteiger partial charge in [-0.3, -0.25) is 9.59 Å². The molecule has 0 bridgehead atoms. The largest absolute Gasteiger partial charge is 0.344 e. The molecule has 0 aromatic carbocycles. The lowest BCUT2D eigenvalue weighted by Gasteiger charge is -2.29. The molecule has 3 rings (SSSR count). The number of carbonyl (C=O) groups excluding carboxylic acids is 2. The predicted octanol–water partition coefficient (Wildman–Crippen LogP) is 2.59. The van der Waals surface area contributed by atoms with Gasteiger partial charge in [-0.1, -0.05) is 11.6 Å². The van der Waals surface area contributed by atoms with Gasteiger partial charge in [-0.05, 0) is 37.8 Å². The third-order valence-electron chi connectivity index (χ3n) is 4.01. The molecule has 2 aliphatic rings. The molecule has 4 nitrogen and oxygen atoms in total. The Bertz CT molecular complexity index is 541. The number of hydrogen-bond donors (Lipinski definition) is 1. The summed E-state index contributed by atoms with van der Waals surface area (Å²) in [5, 5.41) is 2.88. The first-order valence-corrected chi connectivity index (χ1v) is 8.11. The zero-order valence-corrected chi connectivity index (χ0v) is 12.8. The first kappa shape index (κ1) is 13.9. The van der Waals surface area contributed by atoms with Gasteiger partial charge in [0.2, 0.25) is 11.8 Å². The van der Waals surface area contributed by atoms with Crippen molar-refractivity contribution in [1.29, 1.82) is 0 Å². The lowest BCUT2D eigenvalue weighted by molar-refractivity contribution is -0.135. The molecule has 1 N–H and O–H groups in total. The Hall–Kier alpha value is -1.07. The molecule has 1 saturated carbocycles. The van der Waals surface area contributed by atoms with Gasteiger partial charge in [0.05, 0.1) is 10.4 Å². The first-order chi connectivity index (χ1) is 9.56. The molecule has 108 valence electrons. The summed E-state index contributed by atoms with van der Waals surface area (Å²) in [5.74, 6) is 0.357. The lowest BCUT2D eigenvalue weighted by Crippen LogP contribution is -2.46. The summed E-state index contributed by atoms with van der Waals surface area (Å²) in [5.41, 5.74) is 0. The summed E-state index contributed by atoms with van der Waals surface area (Å²) in [6, 6.07) is 3.44. The van der Waals surface area contributed by atoms with Crippen molar-refractivity contribution in [3.8, 4) is 0 Å². The number of thiophene rings is 1. The van der Waals surface area contributed by atoms with Crippen molar-refractivity contribution in [2.75, 3.05) is 6.54 Å². The van der Waals surface area contributed by atoms with Crippen LogP contribution in [0.4, 0.5) is 0 Å². The van der Waals surface area contributed by atoms with Crippen LogP contribution in [-0.2, 0) is 9.59 Å². The lowest BCUT2D eigenvalue weighted by atomic mass is 10.1.